The average Bonchev–Trinajstić information content (AvgIpc) is 2.28. The Kier molecular flexibility index (Phi) is 4.20. The van der Waals surface area contributed by atoms with Gasteiger partial charge >= 0.3 is 6.09 Å². The molecule has 19 heavy (non-hydrogen) atoms. The van der Waals surface area contributed by atoms with Crippen molar-refractivity contribution in [1.82, 2.24) is 9.88 Å². The lowest BCUT2D eigenvalue weighted by Crippen LogP contribution is -2.33. The summed E-state index contributed by atoms with van der Waals surface area (Å²) in [6.45, 7) is -0.0986. The molecular weight excluding hydrogens is 274 g/mol. The number of pyridine rings is 1. The first-order chi connectivity index (χ1) is 8.64. The standard InChI is InChI=1S/C10H15N3O5S/c1-12-8(14)5-4-7(6-11-10(15)16)9(12)13(2)19(3,17)18/h4-5,11H,6H2,1-3H3,(H,15,16). The maximum Gasteiger partial charge on any atom is 0.404 e. The van der Waals surface area contributed by atoms with Gasteiger partial charge in [0.15, 0.2) is 0 Å². The summed E-state index contributed by atoms with van der Waals surface area (Å²) in [5.74, 6) is 0.128. The molecule has 106 valence electrons. The second kappa shape index (κ2) is 5.31. The lowest BCUT2D eigenvalue weighted by atomic mass is 10.2. The van der Waals surface area contributed by atoms with Gasteiger partial charge in [-0.1, -0.05) is 0 Å². The van der Waals surface area contributed by atoms with Crippen LogP contribution in [0.4, 0.5) is 10.6 Å². The summed E-state index contributed by atoms with van der Waals surface area (Å²) < 4.78 is 25.2. The van der Waals surface area contributed by atoms with E-state index in [4.69, 9.17) is 5.11 Å². The summed E-state index contributed by atoms with van der Waals surface area (Å²) in [7, 11) is -0.838. The summed E-state index contributed by atoms with van der Waals surface area (Å²) in [6.07, 6.45) is -0.236. The first kappa shape index (κ1) is 15.0. The number of nitrogens with one attached hydrogen (secondary N) is 1. The minimum absolute atomic E-state index is 0.0986. The van der Waals surface area contributed by atoms with E-state index in [1.165, 1.54) is 26.2 Å². The number of anilines is 1. The molecule has 0 saturated heterocycles. The van der Waals surface area contributed by atoms with Crippen molar-refractivity contribution in [2.45, 2.75) is 6.54 Å². The van der Waals surface area contributed by atoms with E-state index in [2.05, 4.69) is 5.32 Å². The molecule has 0 saturated carbocycles. The van der Waals surface area contributed by atoms with Crippen LogP contribution in [0.15, 0.2) is 16.9 Å². The van der Waals surface area contributed by atoms with Crippen LogP contribution in [-0.2, 0) is 23.6 Å². The molecule has 0 aliphatic rings. The predicted octanol–water partition coefficient (Wildman–Crippen LogP) is -0.451. The summed E-state index contributed by atoms with van der Waals surface area (Å²) in [6, 6.07) is 2.65. The minimum atomic E-state index is -3.56. The van der Waals surface area contributed by atoms with Crippen LogP contribution in [-0.4, -0.2) is 37.5 Å². The molecule has 0 bridgehead atoms. The third kappa shape index (κ3) is 3.47. The van der Waals surface area contributed by atoms with E-state index in [1.54, 1.807) is 0 Å². The number of aromatic nitrogens is 1. The number of carbonyl (C=O) groups is 1. The van der Waals surface area contributed by atoms with Crippen LogP contribution in [0, 0.1) is 0 Å². The third-order valence-corrected chi connectivity index (χ3v) is 3.76. The van der Waals surface area contributed by atoms with Crippen LogP contribution >= 0.6 is 0 Å². The van der Waals surface area contributed by atoms with Crippen molar-refractivity contribution in [3.63, 3.8) is 0 Å². The number of sulfonamides is 1. The van der Waals surface area contributed by atoms with Crippen LogP contribution in [0.1, 0.15) is 5.56 Å². The monoisotopic (exact) mass is 289 g/mol. The van der Waals surface area contributed by atoms with E-state index in [0.29, 0.717) is 5.56 Å². The number of rotatable bonds is 4. The first-order valence-corrected chi connectivity index (χ1v) is 7.09. The molecular formula is C10H15N3O5S. The molecule has 2 N–H and O–H groups in total. The SMILES string of the molecule is CN(c1c(CNC(=O)O)ccc(=O)n1C)S(C)(=O)=O. The van der Waals surface area contributed by atoms with Crippen molar-refractivity contribution in [2.75, 3.05) is 17.6 Å². The fourth-order valence-electron chi connectivity index (χ4n) is 1.56. The molecule has 0 aromatic carbocycles. The minimum Gasteiger partial charge on any atom is -0.465 e. The number of nitrogens with zero attached hydrogens (tertiary/aromatic N) is 2. The van der Waals surface area contributed by atoms with Gasteiger partial charge in [-0.3, -0.25) is 13.7 Å². The van der Waals surface area contributed by atoms with Crippen molar-refractivity contribution < 1.29 is 18.3 Å². The van der Waals surface area contributed by atoms with E-state index >= 15 is 0 Å². The molecule has 0 spiro atoms. The zero-order valence-electron chi connectivity index (χ0n) is 10.7. The summed E-state index contributed by atoms with van der Waals surface area (Å²) in [5, 5.41) is 10.7. The van der Waals surface area contributed by atoms with Gasteiger partial charge in [0.2, 0.25) is 10.0 Å². The van der Waals surface area contributed by atoms with Gasteiger partial charge in [0, 0.05) is 32.3 Å². The Hall–Kier alpha value is -2.03. The normalized spacial score (nSPS) is 11.1. The fourth-order valence-corrected chi connectivity index (χ4v) is 2.11. The quantitative estimate of drug-likeness (QED) is 0.780. The smallest absolute Gasteiger partial charge is 0.404 e. The Morgan fingerprint density at radius 2 is 2.05 bits per heavy atom. The van der Waals surface area contributed by atoms with Gasteiger partial charge < -0.3 is 10.4 Å². The van der Waals surface area contributed by atoms with Crippen LogP contribution in [0.3, 0.4) is 0 Å². The van der Waals surface area contributed by atoms with Crippen LogP contribution in [0.25, 0.3) is 0 Å². The fraction of sp³-hybridized carbons (Fsp3) is 0.400. The summed E-state index contributed by atoms with van der Waals surface area (Å²) >= 11 is 0. The molecule has 0 radical (unpaired) electrons. The lowest BCUT2D eigenvalue weighted by Gasteiger charge is -2.22. The number of hydrogen-bond donors (Lipinski definition) is 2. The Bertz CT molecular complexity index is 650. The average molecular weight is 289 g/mol. The molecule has 0 aliphatic heterocycles. The highest BCUT2D eigenvalue weighted by Crippen LogP contribution is 2.18. The van der Waals surface area contributed by atoms with E-state index in [1.807, 2.05) is 0 Å². The number of hydrogen-bond acceptors (Lipinski definition) is 4. The second-order valence-corrected chi connectivity index (χ2v) is 5.98. The molecule has 0 unspecified atom stereocenters. The zero-order chi connectivity index (χ0) is 14.8. The largest absolute Gasteiger partial charge is 0.465 e. The summed E-state index contributed by atoms with van der Waals surface area (Å²) in [4.78, 5) is 22.1. The highest BCUT2D eigenvalue weighted by Gasteiger charge is 2.19. The van der Waals surface area contributed by atoms with Crippen molar-refractivity contribution in [3.8, 4) is 0 Å². The van der Waals surface area contributed by atoms with E-state index in [0.717, 1.165) is 15.1 Å². The molecule has 0 atom stereocenters. The molecule has 1 aromatic rings. The second-order valence-electron chi connectivity index (χ2n) is 3.97. The van der Waals surface area contributed by atoms with Crippen molar-refractivity contribution in [1.29, 1.82) is 0 Å². The number of carboxylic acid groups (broad SMARTS) is 1. The van der Waals surface area contributed by atoms with Gasteiger partial charge in [0.25, 0.3) is 5.56 Å². The van der Waals surface area contributed by atoms with Gasteiger partial charge in [-0.15, -0.1) is 0 Å². The van der Waals surface area contributed by atoms with E-state index in [-0.39, 0.29) is 17.9 Å². The Morgan fingerprint density at radius 1 is 1.47 bits per heavy atom. The van der Waals surface area contributed by atoms with Gasteiger partial charge in [0.05, 0.1) is 6.26 Å². The Morgan fingerprint density at radius 3 is 2.53 bits per heavy atom. The zero-order valence-corrected chi connectivity index (χ0v) is 11.6. The lowest BCUT2D eigenvalue weighted by molar-refractivity contribution is 0.194. The highest BCUT2D eigenvalue weighted by atomic mass is 32.2. The Balaban J connectivity index is 3.37. The molecule has 0 aliphatic carbocycles. The maximum absolute atomic E-state index is 11.6. The molecule has 1 heterocycles. The van der Waals surface area contributed by atoms with Gasteiger partial charge in [-0.25, -0.2) is 13.2 Å². The molecule has 1 rings (SSSR count). The van der Waals surface area contributed by atoms with Crippen LogP contribution in [0.5, 0.6) is 0 Å². The van der Waals surface area contributed by atoms with E-state index < -0.39 is 16.1 Å². The third-order valence-electron chi connectivity index (χ3n) is 2.59. The Labute approximate surface area is 110 Å². The first-order valence-electron chi connectivity index (χ1n) is 5.24. The van der Waals surface area contributed by atoms with Gasteiger partial charge in [-0.05, 0) is 6.07 Å². The molecule has 9 heteroatoms. The highest BCUT2D eigenvalue weighted by molar-refractivity contribution is 7.92. The molecule has 1 amide bonds. The number of amides is 1. The maximum atomic E-state index is 11.6. The van der Waals surface area contributed by atoms with Crippen molar-refractivity contribution in [2.24, 2.45) is 7.05 Å². The molecule has 1 aromatic heterocycles. The topological polar surface area (TPSA) is 109 Å². The van der Waals surface area contributed by atoms with Crippen molar-refractivity contribution >= 4 is 21.9 Å². The summed E-state index contributed by atoms with van der Waals surface area (Å²) in [5.41, 5.74) is 0.00185. The van der Waals surface area contributed by atoms with Crippen LogP contribution in [0.2, 0.25) is 0 Å². The predicted molar refractivity (Wildman–Crippen MR) is 69.8 cm³/mol. The van der Waals surface area contributed by atoms with Crippen molar-refractivity contribution in [3.05, 3.63) is 28.0 Å². The van der Waals surface area contributed by atoms with Crippen LogP contribution < -0.4 is 15.2 Å². The van der Waals surface area contributed by atoms with E-state index in [9.17, 15) is 18.0 Å². The van der Waals surface area contributed by atoms with Gasteiger partial charge in [0.1, 0.15) is 5.82 Å². The van der Waals surface area contributed by atoms with Gasteiger partial charge in [-0.2, -0.15) is 0 Å². The molecule has 8 nitrogen and oxygen atoms in total. The molecule has 0 fully saturated rings.